The first-order valence-electron chi connectivity index (χ1n) is 7.30. The molecular weight excluding hydrogens is 236 g/mol. The standard InChI is InChI=1S/C15H28N4/c1-11-9-18(8-7-16-11)10-14-12(2)17-19(13(14)3)15(4,5)6/h11,16H,7-10H2,1-6H3. The predicted octanol–water partition coefficient (Wildman–Crippen LogP) is 2.05. The van der Waals surface area contributed by atoms with Crippen LogP contribution in [0.5, 0.6) is 0 Å². The summed E-state index contributed by atoms with van der Waals surface area (Å²) < 4.78 is 2.17. The summed E-state index contributed by atoms with van der Waals surface area (Å²) in [5.74, 6) is 0. The molecule has 1 atom stereocenters. The molecule has 0 amide bonds. The van der Waals surface area contributed by atoms with Gasteiger partial charge in [0.25, 0.3) is 0 Å². The van der Waals surface area contributed by atoms with Gasteiger partial charge in [0.15, 0.2) is 0 Å². The van der Waals surface area contributed by atoms with Crippen LogP contribution in [0.1, 0.15) is 44.6 Å². The number of nitrogens with one attached hydrogen (secondary N) is 1. The van der Waals surface area contributed by atoms with Crippen LogP contribution in [0.15, 0.2) is 0 Å². The van der Waals surface area contributed by atoms with Gasteiger partial charge in [-0.2, -0.15) is 5.10 Å². The lowest BCUT2D eigenvalue weighted by molar-refractivity contribution is 0.199. The fraction of sp³-hybridized carbons (Fsp3) is 0.800. The number of nitrogens with zero attached hydrogens (tertiary/aromatic N) is 3. The van der Waals surface area contributed by atoms with Crippen LogP contribution in [0, 0.1) is 13.8 Å². The van der Waals surface area contributed by atoms with E-state index in [0.717, 1.165) is 26.2 Å². The van der Waals surface area contributed by atoms with Crippen molar-refractivity contribution < 1.29 is 0 Å². The van der Waals surface area contributed by atoms with E-state index < -0.39 is 0 Å². The van der Waals surface area contributed by atoms with Crippen LogP contribution in [0.4, 0.5) is 0 Å². The van der Waals surface area contributed by atoms with Crippen LogP contribution in [-0.2, 0) is 12.1 Å². The van der Waals surface area contributed by atoms with Crippen LogP contribution in [0.25, 0.3) is 0 Å². The van der Waals surface area contributed by atoms with E-state index in [1.54, 1.807) is 0 Å². The molecule has 4 heteroatoms. The first-order valence-corrected chi connectivity index (χ1v) is 7.30. The van der Waals surface area contributed by atoms with Crippen molar-refractivity contribution in [3.63, 3.8) is 0 Å². The Kier molecular flexibility index (Phi) is 4.02. The Morgan fingerprint density at radius 2 is 2.00 bits per heavy atom. The maximum Gasteiger partial charge on any atom is 0.0641 e. The topological polar surface area (TPSA) is 33.1 Å². The van der Waals surface area contributed by atoms with Crippen LogP contribution >= 0.6 is 0 Å². The molecule has 2 heterocycles. The van der Waals surface area contributed by atoms with Gasteiger partial charge in [0.1, 0.15) is 0 Å². The minimum Gasteiger partial charge on any atom is -0.312 e. The molecule has 0 radical (unpaired) electrons. The zero-order valence-corrected chi connectivity index (χ0v) is 13.2. The molecule has 4 nitrogen and oxygen atoms in total. The quantitative estimate of drug-likeness (QED) is 0.887. The molecule has 2 rings (SSSR count). The number of hydrogen-bond acceptors (Lipinski definition) is 3. The number of aryl methyl sites for hydroxylation is 1. The monoisotopic (exact) mass is 264 g/mol. The van der Waals surface area contributed by atoms with E-state index in [1.807, 2.05) is 0 Å². The highest BCUT2D eigenvalue weighted by molar-refractivity contribution is 5.25. The summed E-state index contributed by atoms with van der Waals surface area (Å²) in [5.41, 5.74) is 3.96. The molecule has 1 N–H and O–H groups in total. The number of hydrogen-bond donors (Lipinski definition) is 1. The van der Waals surface area contributed by atoms with E-state index in [0.29, 0.717) is 6.04 Å². The van der Waals surface area contributed by atoms with E-state index >= 15 is 0 Å². The summed E-state index contributed by atoms with van der Waals surface area (Å²) in [6, 6.07) is 0.590. The maximum atomic E-state index is 4.74. The fourth-order valence-electron chi connectivity index (χ4n) is 2.94. The van der Waals surface area contributed by atoms with E-state index in [2.05, 4.69) is 56.4 Å². The average molecular weight is 264 g/mol. The molecule has 19 heavy (non-hydrogen) atoms. The molecule has 0 aliphatic carbocycles. The van der Waals surface area contributed by atoms with Crippen molar-refractivity contribution in [1.82, 2.24) is 20.0 Å². The van der Waals surface area contributed by atoms with Crippen LogP contribution < -0.4 is 5.32 Å². The van der Waals surface area contributed by atoms with Gasteiger partial charge in [0.05, 0.1) is 11.2 Å². The zero-order chi connectivity index (χ0) is 14.2. The van der Waals surface area contributed by atoms with Gasteiger partial charge in [-0.3, -0.25) is 9.58 Å². The summed E-state index contributed by atoms with van der Waals surface area (Å²) in [5, 5.41) is 8.23. The molecular formula is C15H28N4. The Hall–Kier alpha value is -0.870. The van der Waals surface area contributed by atoms with Gasteiger partial charge in [-0.05, 0) is 41.5 Å². The van der Waals surface area contributed by atoms with Crippen LogP contribution in [0.3, 0.4) is 0 Å². The van der Waals surface area contributed by atoms with E-state index in [4.69, 9.17) is 5.10 Å². The molecule has 0 spiro atoms. The van der Waals surface area contributed by atoms with Gasteiger partial charge in [-0.15, -0.1) is 0 Å². The molecule has 0 saturated carbocycles. The first-order chi connectivity index (χ1) is 8.79. The van der Waals surface area contributed by atoms with Gasteiger partial charge < -0.3 is 5.32 Å². The highest BCUT2D eigenvalue weighted by Crippen LogP contribution is 2.22. The smallest absolute Gasteiger partial charge is 0.0641 e. The van der Waals surface area contributed by atoms with Crippen molar-refractivity contribution in [2.24, 2.45) is 0 Å². The SMILES string of the molecule is Cc1nn(C(C)(C)C)c(C)c1CN1CCNC(C)C1. The van der Waals surface area contributed by atoms with Crippen LogP contribution in [-0.4, -0.2) is 40.4 Å². The Bertz CT molecular complexity index is 442. The Morgan fingerprint density at radius 3 is 2.53 bits per heavy atom. The maximum absolute atomic E-state index is 4.74. The van der Waals surface area contributed by atoms with Crippen molar-refractivity contribution in [2.75, 3.05) is 19.6 Å². The lowest BCUT2D eigenvalue weighted by Gasteiger charge is -2.32. The van der Waals surface area contributed by atoms with Gasteiger partial charge in [0, 0.05) is 43.5 Å². The molecule has 1 aliphatic rings. The lowest BCUT2D eigenvalue weighted by Crippen LogP contribution is -2.48. The second-order valence-corrected chi connectivity index (χ2v) is 6.82. The summed E-state index contributed by atoms with van der Waals surface area (Å²) in [6.45, 7) is 17.6. The van der Waals surface area contributed by atoms with E-state index in [-0.39, 0.29) is 5.54 Å². The van der Waals surface area contributed by atoms with Crippen molar-refractivity contribution in [2.45, 2.75) is 59.7 Å². The summed E-state index contributed by atoms with van der Waals surface area (Å²) in [6.07, 6.45) is 0. The molecule has 1 fully saturated rings. The zero-order valence-electron chi connectivity index (χ0n) is 13.2. The van der Waals surface area contributed by atoms with Crippen molar-refractivity contribution >= 4 is 0 Å². The Balaban J connectivity index is 2.19. The summed E-state index contributed by atoms with van der Waals surface area (Å²) in [4.78, 5) is 2.53. The molecule has 1 unspecified atom stereocenters. The second kappa shape index (κ2) is 5.25. The molecule has 1 aliphatic heterocycles. The fourth-order valence-corrected chi connectivity index (χ4v) is 2.94. The third kappa shape index (κ3) is 3.18. The molecule has 1 aromatic heterocycles. The van der Waals surface area contributed by atoms with Gasteiger partial charge in [-0.25, -0.2) is 0 Å². The normalized spacial score (nSPS) is 21.9. The van der Waals surface area contributed by atoms with Gasteiger partial charge in [-0.1, -0.05) is 0 Å². The average Bonchev–Trinajstić information content (AvgIpc) is 2.57. The van der Waals surface area contributed by atoms with Crippen molar-refractivity contribution in [1.29, 1.82) is 0 Å². The number of piperazine rings is 1. The third-order valence-corrected chi connectivity index (χ3v) is 3.91. The minimum atomic E-state index is 0.0594. The van der Waals surface area contributed by atoms with Crippen molar-refractivity contribution in [3.05, 3.63) is 17.0 Å². The number of aromatic nitrogens is 2. The van der Waals surface area contributed by atoms with Gasteiger partial charge in [0.2, 0.25) is 0 Å². The van der Waals surface area contributed by atoms with E-state index in [9.17, 15) is 0 Å². The molecule has 0 aromatic carbocycles. The van der Waals surface area contributed by atoms with Gasteiger partial charge >= 0.3 is 0 Å². The second-order valence-electron chi connectivity index (χ2n) is 6.82. The molecule has 1 aromatic rings. The highest BCUT2D eigenvalue weighted by Gasteiger charge is 2.23. The molecule has 108 valence electrons. The van der Waals surface area contributed by atoms with Crippen molar-refractivity contribution in [3.8, 4) is 0 Å². The summed E-state index contributed by atoms with van der Waals surface area (Å²) >= 11 is 0. The number of rotatable bonds is 2. The lowest BCUT2D eigenvalue weighted by atomic mass is 10.1. The predicted molar refractivity (Wildman–Crippen MR) is 79.4 cm³/mol. The Morgan fingerprint density at radius 1 is 1.32 bits per heavy atom. The van der Waals surface area contributed by atoms with E-state index in [1.165, 1.54) is 17.0 Å². The molecule has 1 saturated heterocycles. The first kappa shape index (κ1) is 14.5. The third-order valence-electron chi connectivity index (χ3n) is 3.91. The largest absolute Gasteiger partial charge is 0.312 e. The summed E-state index contributed by atoms with van der Waals surface area (Å²) in [7, 11) is 0. The minimum absolute atomic E-state index is 0.0594. The Labute approximate surface area is 117 Å². The van der Waals surface area contributed by atoms with Crippen LogP contribution in [0.2, 0.25) is 0 Å². The highest BCUT2D eigenvalue weighted by atomic mass is 15.3. The molecule has 0 bridgehead atoms.